The fourth-order valence-corrected chi connectivity index (χ4v) is 7.11. The van der Waals surface area contributed by atoms with Crippen LogP contribution >= 0.6 is 0 Å². The SMILES string of the molecule is c1ccc(-n2c(-c3ccc4cc(-c5ccc6c(c5)c5ccccc5n5c7ccccc7nc65)ccc4c3)nc3ccccc32)cc1. The molecule has 0 aliphatic carbocycles. The van der Waals surface area contributed by atoms with Crippen LogP contribution < -0.4 is 0 Å². The minimum Gasteiger partial charge on any atom is -0.292 e. The highest BCUT2D eigenvalue weighted by molar-refractivity contribution is 6.14. The van der Waals surface area contributed by atoms with Gasteiger partial charge in [-0.1, -0.05) is 91.0 Å². The van der Waals surface area contributed by atoms with Gasteiger partial charge in [-0.3, -0.25) is 8.97 Å². The first-order valence-electron chi connectivity index (χ1n) is 15.6. The molecule has 0 fully saturated rings. The molecular formula is C42H26N4. The molecule has 0 amide bonds. The minimum atomic E-state index is 0.942. The van der Waals surface area contributed by atoms with Crippen LogP contribution in [0.4, 0.5) is 0 Å². The molecule has 0 bridgehead atoms. The molecule has 4 heteroatoms. The number of hydrogen-bond acceptors (Lipinski definition) is 2. The van der Waals surface area contributed by atoms with Crippen molar-refractivity contribution in [3.05, 3.63) is 158 Å². The first kappa shape index (κ1) is 25.1. The third kappa shape index (κ3) is 3.67. The Kier molecular flexibility index (Phi) is 5.25. The van der Waals surface area contributed by atoms with Crippen LogP contribution in [0.2, 0.25) is 0 Å². The van der Waals surface area contributed by atoms with E-state index in [1.54, 1.807) is 0 Å². The van der Waals surface area contributed by atoms with E-state index in [4.69, 9.17) is 9.97 Å². The summed E-state index contributed by atoms with van der Waals surface area (Å²) in [7, 11) is 0. The van der Waals surface area contributed by atoms with Crippen molar-refractivity contribution in [2.75, 3.05) is 0 Å². The van der Waals surface area contributed by atoms with Gasteiger partial charge in [-0.2, -0.15) is 0 Å². The Hall–Kier alpha value is -6.26. The van der Waals surface area contributed by atoms with Crippen molar-refractivity contribution >= 4 is 60.2 Å². The fraction of sp³-hybridized carbons (Fsp3) is 0. The third-order valence-electron chi connectivity index (χ3n) is 9.26. The molecule has 0 aliphatic heterocycles. The first-order chi connectivity index (χ1) is 22.8. The quantitative estimate of drug-likeness (QED) is 0.193. The normalized spacial score (nSPS) is 11.9. The minimum absolute atomic E-state index is 0.942. The molecule has 46 heavy (non-hydrogen) atoms. The van der Waals surface area contributed by atoms with E-state index in [9.17, 15) is 0 Å². The van der Waals surface area contributed by atoms with Crippen LogP contribution in [0.5, 0.6) is 0 Å². The molecule has 214 valence electrons. The topological polar surface area (TPSA) is 35.1 Å². The lowest BCUT2D eigenvalue weighted by atomic mass is 9.96. The van der Waals surface area contributed by atoms with Crippen molar-refractivity contribution in [3.8, 4) is 28.2 Å². The molecule has 0 saturated carbocycles. The van der Waals surface area contributed by atoms with Crippen molar-refractivity contribution in [3.63, 3.8) is 0 Å². The van der Waals surface area contributed by atoms with Crippen molar-refractivity contribution < 1.29 is 0 Å². The van der Waals surface area contributed by atoms with Gasteiger partial charge in [0.2, 0.25) is 0 Å². The molecule has 0 radical (unpaired) electrons. The largest absolute Gasteiger partial charge is 0.292 e. The van der Waals surface area contributed by atoms with E-state index in [2.05, 4.69) is 155 Å². The molecule has 0 spiro atoms. The molecule has 0 saturated heterocycles. The van der Waals surface area contributed by atoms with Gasteiger partial charge in [0.05, 0.1) is 27.6 Å². The zero-order valence-electron chi connectivity index (χ0n) is 24.8. The molecule has 0 aliphatic rings. The zero-order chi connectivity index (χ0) is 30.2. The number of para-hydroxylation sites is 6. The Bertz CT molecular complexity index is 2810. The second kappa shape index (κ2) is 9.62. The highest BCUT2D eigenvalue weighted by Gasteiger charge is 2.16. The number of imidazole rings is 2. The molecule has 10 aromatic rings. The van der Waals surface area contributed by atoms with E-state index in [1.165, 1.54) is 38.2 Å². The van der Waals surface area contributed by atoms with Crippen LogP contribution in [-0.4, -0.2) is 18.9 Å². The molecule has 3 heterocycles. The van der Waals surface area contributed by atoms with E-state index in [1.807, 2.05) is 12.1 Å². The average Bonchev–Trinajstić information content (AvgIpc) is 3.71. The van der Waals surface area contributed by atoms with Gasteiger partial charge in [0.1, 0.15) is 11.5 Å². The van der Waals surface area contributed by atoms with Crippen LogP contribution in [0, 0.1) is 0 Å². The number of fused-ring (bicyclic) bond motifs is 10. The summed E-state index contributed by atoms with van der Waals surface area (Å²) in [6.45, 7) is 0. The summed E-state index contributed by atoms with van der Waals surface area (Å²) in [6.07, 6.45) is 0. The van der Waals surface area contributed by atoms with Crippen LogP contribution in [0.1, 0.15) is 0 Å². The van der Waals surface area contributed by atoms with Gasteiger partial charge in [-0.25, -0.2) is 9.97 Å². The molecule has 0 unspecified atom stereocenters. The van der Waals surface area contributed by atoms with Crippen LogP contribution in [0.15, 0.2) is 158 Å². The number of rotatable bonds is 3. The summed E-state index contributed by atoms with van der Waals surface area (Å²) in [6, 6.07) is 56.1. The summed E-state index contributed by atoms with van der Waals surface area (Å²) in [5, 5.41) is 5.98. The molecule has 7 aromatic carbocycles. The van der Waals surface area contributed by atoms with Crippen molar-refractivity contribution in [1.82, 2.24) is 18.9 Å². The van der Waals surface area contributed by atoms with Gasteiger partial charge in [0.25, 0.3) is 0 Å². The Morgan fingerprint density at radius 1 is 0.391 bits per heavy atom. The summed E-state index contributed by atoms with van der Waals surface area (Å²) >= 11 is 0. The summed E-state index contributed by atoms with van der Waals surface area (Å²) in [4.78, 5) is 10.1. The number of benzene rings is 7. The summed E-state index contributed by atoms with van der Waals surface area (Å²) in [5.74, 6) is 0.942. The Balaban J connectivity index is 1.12. The number of aromatic nitrogens is 4. The second-order valence-electron chi connectivity index (χ2n) is 11.9. The maximum absolute atomic E-state index is 5.08. The molecular weight excluding hydrogens is 560 g/mol. The fourth-order valence-electron chi connectivity index (χ4n) is 7.11. The van der Waals surface area contributed by atoms with E-state index in [-0.39, 0.29) is 0 Å². The highest BCUT2D eigenvalue weighted by Crippen LogP contribution is 2.36. The monoisotopic (exact) mass is 586 g/mol. The van der Waals surface area contributed by atoms with Gasteiger partial charge < -0.3 is 0 Å². The lowest BCUT2D eigenvalue weighted by molar-refractivity contribution is 1.10. The number of pyridine rings is 1. The number of hydrogen-bond donors (Lipinski definition) is 0. The maximum atomic E-state index is 5.08. The lowest BCUT2D eigenvalue weighted by Crippen LogP contribution is -1.97. The highest BCUT2D eigenvalue weighted by atomic mass is 15.1. The first-order valence-corrected chi connectivity index (χ1v) is 15.6. The van der Waals surface area contributed by atoms with E-state index >= 15 is 0 Å². The Labute approximate surface area is 264 Å². The van der Waals surface area contributed by atoms with Crippen LogP contribution in [0.3, 0.4) is 0 Å². The van der Waals surface area contributed by atoms with Gasteiger partial charge >= 0.3 is 0 Å². The molecule has 4 nitrogen and oxygen atoms in total. The van der Waals surface area contributed by atoms with Gasteiger partial charge in [-0.15, -0.1) is 0 Å². The second-order valence-corrected chi connectivity index (χ2v) is 11.9. The molecule has 10 rings (SSSR count). The van der Waals surface area contributed by atoms with Gasteiger partial charge in [-0.05, 0) is 94.0 Å². The third-order valence-corrected chi connectivity index (χ3v) is 9.26. The predicted molar refractivity (Wildman–Crippen MR) is 191 cm³/mol. The maximum Gasteiger partial charge on any atom is 0.146 e. The average molecular weight is 587 g/mol. The van der Waals surface area contributed by atoms with Crippen LogP contribution in [0.25, 0.3) is 88.4 Å². The van der Waals surface area contributed by atoms with Gasteiger partial charge in [0.15, 0.2) is 0 Å². The van der Waals surface area contributed by atoms with Crippen LogP contribution in [-0.2, 0) is 0 Å². The summed E-state index contributed by atoms with van der Waals surface area (Å²) < 4.78 is 4.55. The zero-order valence-corrected chi connectivity index (χ0v) is 24.8. The lowest BCUT2D eigenvalue weighted by Gasteiger charge is -2.12. The number of nitrogens with zero attached hydrogens (tertiary/aromatic N) is 4. The van der Waals surface area contributed by atoms with Crippen molar-refractivity contribution in [2.24, 2.45) is 0 Å². The molecule has 3 aromatic heterocycles. The Morgan fingerprint density at radius 3 is 1.83 bits per heavy atom. The van der Waals surface area contributed by atoms with Crippen molar-refractivity contribution in [2.45, 2.75) is 0 Å². The summed E-state index contributed by atoms with van der Waals surface area (Å²) in [5.41, 5.74) is 11.0. The standard InChI is InChI=1S/C42H26N4/c1-2-10-32(11-3-1)45-39-16-8-5-13-36(39)43-41(45)31-21-20-27-24-28(18-19-29(27)25-31)30-22-23-34-35(26-30)33-12-4-7-15-38(33)46-40-17-9-6-14-37(40)44-42(34)46/h1-26H. The predicted octanol–water partition coefficient (Wildman–Crippen LogP) is 10.6. The van der Waals surface area contributed by atoms with E-state index < -0.39 is 0 Å². The molecule has 0 atom stereocenters. The van der Waals surface area contributed by atoms with E-state index in [0.29, 0.717) is 0 Å². The van der Waals surface area contributed by atoms with E-state index in [0.717, 1.165) is 50.2 Å². The van der Waals surface area contributed by atoms with Crippen molar-refractivity contribution in [1.29, 1.82) is 0 Å². The molecule has 0 N–H and O–H groups in total. The smallest absolute Gasteiger partial charge is 0.146 e. The Morgan fingerprint density at radius 2 is 1.00 bits per heavy atom. The van der Waals surface area contributed by atoms with Gasteiger partial charge in [0, 0.05) is 22.0 Å².